The van der Waals surface area contributed by atoms with E-state index in [9.17, 15) is 38.4 Å². The van der Waals surface area contributed by atoms with E-state index in [0.717, 1.165) is 33.0 Å². The van der Waals surface area contributed by atoms with Crippen molar-refractivity contribution in [2.75, 3.05) is 28.8 Å². The molecule has 0 saturated heterocycles. The lowest BCUT2D eigenvalue weighted by Gasteiger charge is -2.22. The van der Waals surface area contributed by atoms with Gasteiger partial charge < -0.3 is 24.8 Å². The van der Waals surface area contributed by atoms with Crippen molar-refractivity contribution < 1.29 is 59.9 Å². The summed E-state index contributed by atoms with van der Waals surface area (Å²) in [6.45, 7) is 5.27. The van der Waals surface area contributed by atoms with Gasteiger partial charge in [0.1, 0.15) is 24.7 Å². The Morgan fingerprint density at radius 1 is 0.688 bits per heavy atom. The zero-order valence-electron chi connectivity index (χ0n) is 49.0. The third-order valence-corrected chi connectivity index (χ3v) is 15.0. The van der Waals surface area contributed by atoms with Crippen LogP contribution in [0.4, 0.5) is 28.4 Å². The van der Waals surface area contributed by atoms with Crippen molar-refractivity contribution in [3.8, 4) is 17.2 Å². The van der Waals surface area contributed by atoms with Crippen molar-refractivity contribution in [1.29, 1.82) is 0 Å². The molecule has 0 fully saturated rings. The van der Waals surface area contributed by atoms with Gasteiger partial charge in [-0.1, -0.05) is 43.3 Å². The summed E-state index contributed by atoms with van der Waals surface area (Å²) in [6.07, 6.45) is 8.98. The molecule has 80 heavy (non-hydrogen) atoms. The molecule has 0 saturated carbocycles. The molecular formula is C62H67N7O11. The lowest BCUT2D eigenvalue weighted by atomic mass is 9.99. The first-order chi connectivity index (χ1) is 40.6. The fraction of sp³-hybridized carbons (Fsp3) is 0.323. The van der Waals surface area contributed by atoms with Gasteiger partial charge in [0.25, 0.3) is 23.6 Å². The van der Waals surface area contributed by atoms with Crippen LogP contribution in [0.25, 0.3) is 0 Å². The summed E-state index contributed by atoms with van der Waals surface area (Å²) in [5, 5.41) is 5.69. The first-order valence-corrected chi connectivity index (χ1v) is 27.0. The number of hydrogen-bond acceptors (Lipinski definition) is 13. The number of nitrogens with zero attached hydrogens (tertiary/aromatic N) is 5. The number of hydrogen-bond donors (Lipinski definition) is 2. The minimum atomic E-state index is -0.870. The number of anilines is 3. The molecule has 5 aromatic rings. The summed E-state index contributed by atoms with van der Waals surface area (Å²) >= 11 is 0. The predicted molar refractivity (Wildman–Crippen MR) is 307 cm³/mol. The number of imide groups is 1. The second-order valence-electron chi connectivity index (χ2n) is 20.8. The van der Waals surface area contributed by atoms with Crippen LogP contribution in [0.15, 0.2) is 113 Å². The SMILES string of the molecule is COc1cc2c(cc1OCc1cc(COc3cc4c(cc3C)C(=O)N3c5ccccc5C[C@H]3C=N4)cc(NC(=O)[C@H](C)CC(=O)[C@H](C)NC(=O)CCCCC(=O)CCCN3C(=O)C=CC3=O)c1)N=C[C@@H]1Cc3ccccc3N1C2=O.[2HH].[2H][2H].[2H][2H]. The van der Waals surface area contributed by atoms with Crippen molar-refractivity contribution in [2.45, 2.75) is 110 Å². The monoisotopic (exact) mass is 1090 g/mol. The molecular weight excluding hydrogens is 1020 g/mol. The molecule has 10 rings (SSSR count). The lowest BCUT2D eigenvalue weighted by molar-refractivity contribution is -0.137. The topological polar surface area (TPSA) is 223 Å². The molecule has 0 radical (unpaired) electrons. The number of para-hydroxylation sites is 2. The van der Waals surface area contributed by atoms with Gasteiger partial charge in [0, 0.05) is 112 Å². The molecule has 5 aromatic carbocycles. The smallest absolute Gasteiger partial charge is 0.261 e. The Hall–Kier alpha value is -9.06. The lowest BCUT2D eigenvalue weighted by Crippen LogP contribution is -2.39. The molecule has 18 nitrogen and oxygen atoms in total. The van der Waals surface area contributed by atoms with Gasteiger partial charge in [-0.05, 0) is 103 Å². The summed E-state index contributed by atoms with van der Waals surface area (Å²) < 4.78 is 38.7. The highest BCUT2D eigenvalue weighted by Gasteiger charge is 2.38. The van der Waals surface area contributed by atoms with E-state index in [1.807, 2.05) is 67.7 Å². The third-order valence-electron chi connectivity index (χ3n) is 15.0. The molecule has 416 valence electrons. The number of methoxy groups -OCH3 is 1. The Balaban J connectivity index is 0.00000203. The van der Waals surface area contributed by atoms with Crippen LogP contribution in [0.5, 0.6) is 17.2 Å². The van der Waals surface area contributed by atoms with Gasteiger partial charge in [-0.15, -0.1) is 0 Å². The number of aryl methyl sites for hydroxylation is 1. The van der Waals surface area contributed by atoms with Crippen LogP contribution in [0.1, 0.15) is 115 Å². The molecule has 0 bridgehead atoms. The number of fused-ring (bicyclic) bond motifs is 8. The maximum absolute atomic E-state index is 14.1. The Labute approximate surface area is 470 Å². The average molecular weight is 1090 g/mol. The van der Waals surface area contributed by atoms with E-state index in [0.29, 0.717) is 88.7 Å². The third kappa shape index (κ3) is 11.7. The molecule has 6 amide bonds. The van der Waals surface area contributed by atoms with E-state index in [4.69, 9.17) is 30.1 Å². The number of carbonyl (C=O) groups is 8. The van der Waals surface area contributed by atoms with Crippen LogP contribution in [-0.2, 0) is 54.8 Å². The summed E-state index contributed by atoms with van der Waals surface area (Å²) in [4.78, 5) is 118. The molecule has 5 aliphatic rings. The number of unbranched alkanes of at least 4 members (excludes halogenated alkanes) is 1. The van der Waals surface area contributed by atoms with Gasteiger partial charge in [0.05, 0.1) is 47.7 Å². The van der Waals surface area contributed by atoms with Crippen LogP contribution in [0, 0.1) is 12.8 Å². The highest BCUT2D eigenvalue weighted by molar-refractivity contribution is 6.16. The molecule has 0 aliphatic carbocycles. The Morgan fingerprint density at radius 2 is 1.24 bits per heavy atom. The van der Waals surface area contributed by atoms with Crippen LogP contribution < -0.4 is 34.6 Å². The largest absolute Gasteiger partial charge is 0.493 e. The van der Waals surface area contributed by atoms with Crippen molar-refractivity contribution >= 4 is 87.9 Å². The van der Waals surface area contributed by atoms with Crippen molar-refractivity contribution in [1.82, 2.24) is 10.2 Å². The van der Waals surface area contributed by atoms with E-state index in [-0.39, 0.29) is 100 Å². The minimum Gasteiger partial charge on any atom is -0.493 e. The van der Waals surface area contributed by atoms with Crippen molar-refractivity contribution in [2.24, 2.45) is 15.9 Å². The highest BCUT2D eigenvalue weighted by Crippen LogP contribution is 2.42. The fourth-order valence-corrected chi connectivity index (χ4v) is 10.8. The summed E-state index contributed by atoms with van der Waals surface area (Å²) in [5.41, 5.74) is 8.07. The number of Topliss-reactive ketones (excluding diaryl/α,β-unsaturated/α-hetero) is 2. The zero-order valence-corrected chi connectivity index (χ0v) is 45.0. The molecule has 18 heteroatoms. The molecule has 0 unspecified atom stereocenters. The summed E-state index contributed by atoms with van der Waals surface area (Å²) in [6, 6.07) is 26.6. The number of ketones is 2. The van der Waals surface area contributed by atoms with E-state index in [1.165, 1.54) is 19.3 Å². The maximum Gasteiger partial charge on any atom is 0.261 e. The zero-order chi connectivity index (χ0) is 60.2. The number of benzene rings is 5. The van der Waals surface area contributed by atoms with Crippen LogP contribution in [0.3, 0.4) is 0 Å². The van der Waals surface area contributed by atoms with Gasteiger partial charge in [-0.2, -0.15) is 0 Å². The summed E-state index contributed by atoms with van der Waals surface area (Å²) in [7, 11) is 1.50. The second kappa shape index (κ2) is 23.5. The van der Waals surface area contributed by atoms with E-state index >= 15 is 0 Å². The second-order valence-corrected chi connectivity index (χ2v) is 20.8. The molecule has 4 atom stereocenters. The van der Waals surface area contributed by atoms with E-state index in [1.54, 1.807) is 66.3 Å². The molecule has 2 N–H and O–H groups in total. The van der Waals surface area contributed by atoms with Gasteiger partial charge in [0.2, 0.25) is 11.8 Å². The Bertz CT molecular complexity index is 3470. The quantitative estimate of drug-likeness (QED) is 0.0491. The predicted octanol–water partition coefficient (Wildman–Crippen LogP) is 9.35. The minimum absolute atomic E-state index is 0. The highest BCUT2D eigenvalue weighted by atomic mass is 16.5. The van der Waals surface area contributed by atoms with Gasteiger partial charge in [-0.25, -0.2) is 0 Å². The number of ether oxygens (including phenoxy) is 3. The van der Waals surface area contributed by atoms with Gasteiger partial charge in [0.15, 0.2) is 17.3 Å². The number of aliphatic imine (C=N–C) groups is 2. The first-order valence-electron chi connectivity index (χ1n) is 29.0. The van der Waals surface area contributed by atoms with Gasteiger partial charge in [-0.3, -0.25) is 63.0 Å². The fourth-order valence-electron chi connectivity index (χ4n) is 10.8. The number of carbonyl (C=O) groups excluding carboxylic acids is 8. The molecule has 0 spiro atoms. The normalized spacial score (nSPS) is 17.3. The average Bonchev–Trinajstić information content (AvgIpc) is 1.77. The van der Waals surface area contributed by atoms with E-state index in [2.05, 4.69) is 10.6 Å². The Kier molecular flexibility index (Phi) is 15.2. The number of rotatable bonds is 22. The van der Waals surface area contributed by atoms with Gasteiger partial charge >= 0.3 is 0 Å². The number of amides is 6. The molecule has 0 aromatic heterocycles. The van der Waals surface area contributed by atoms with E-state index < -0.39 is 17.9 Å². The van der Waals surface area contributed by atoms with Crippen molar-refractivity contribution in [3.63, 3.8) is 0 Å². The standard InChI is InChI=1S/C62H61N7O11.3H2/c1-36-22-47-49(63-32-44-27-41-12-5-8-16-51(41)68(44)61(47)76)30-54(36)79-34-39-24-40(35-80-56-31-50-48(29-55(56)78-4)62(77)69-45(33-64-50)28-42-13-6-9-17-52(42)69)26-43(25-39)66-60(75)37(2)23-53(71)38(3)65-57(72)18-10-7-14-46(70)15-11-21-67-58(73)19-20-59(67)74;;;/h5-6,8-9,12-13,16-17,19-20,22,24-26,29-33,37-38,44-45H,7,10-11,14-15,18,21,23,27-28,34-35H2,1-4H3,(H,65,72)(H,66,75);3*1H/t37-,38+,44+,45+;;;/m1.../s1/i;2*1+1D;1+1. The number of nitrogens with one attached hydrogen (secondary N) is 2. The Morgan fingerprint density at radius 3 is 1.85 bits per heavy atom. The van der Waals surface area contributed by atoms with Crippen LogP contribution in [0.2, 0.25) is 0 Å². The van der Waals surface area contributed by atoms with Crippen LogP contribution >= 0.6 is 0 Å². The van der Waals surface area contributed by atoms with Crippen LogP contribution in [-0.4, -0.2) is 96.1 Å². The van der Waals surface area contributed by atoms with Crippen molar-refractivity contribution in [3.05, 3.63) is 142 Å². The molecule has 5 heterocycles. The summed E-state index contributed by atoms with van der Waals surface area (Å²) in [5.74, 6) is -1.88. The molecule has 5 aliphatic heterocycles. The maximum atomic E-state index is 14.1. The first kappa shape index (κ1) is 51.7.